The molecule has 0 unspecified atom stereocenters. The van der Waals surface area contributed by atoms with Gasteiger partial charge in [0.25, 0.3) is 0 Å². The first kappa shape index (κ1) is 30.1. The van der Waals surface area contributed by atoms with E-state index in [0.717, 1.165) is 28.0 Å². The number of phenolic OH excluding ortho intramolecular Hbond substituents is 5. The molecule has 0 saturated carbocycles. The summed E-state index contributed by atoms with van der Waals surface area (Å²) in [5.74, 6) is 0.679. The third-order valence-corrected chi connectivity index (χ3v) is 7.47. The molecule has 0 amide bonds. The van der Waals surface area contributed by atoms with Gasteiger partial charge in [0.15, 0.2) is 11.5 Å². The number of hydrogen-bond donors (Lipinski definition) is 5. The molecule has 224 valence electrons. The molecular formula is C38H36O6. The molecule has 0 bridgehead atoms. The molecule has 6 nitrogen and oxygen atoms in total. The van der Waals surface area contributed by atoms with Crippen LogP contribution in [0.4, 0.5) is 0 Å². The van der Waals surface area contributed by atoms with Gasteiger partial charge >= 0.3 is 0 Å². The van der Waals surface area contributed by atoms with Gasteiger partial charge in [-0.05, 0) is 91.6 Å². The lowest BCUT2D eigenvalue weighted by molar-refractivity contribution is 0.108. The van der Waals surface area contributed by atoms with Gasteiger partial charge in [0.05, 0.1) is 0 Å². The molecule has 0 saturated heterocycles. The second-order valence-corrected chi connectivity index (χ2v) is 11.6. The number of aromatic hydroxyl groups is 5. The third-order valence-electron chi connectivity index (χ3n) is 7.47. The Morgan fingerprint density at radius 2 is 1.25 bits per heavy atom. The normalized spacial score (nSPS) is 18.0. The van der Waals surface area contributed by atoms with Gasteiger partial charge in [0, 0.05) is 29.5 Å². The number of rotatable bonds is 7. The van der Waals surface area contributed by atoms with Crippen molar-refractivity contribution in [2.75, 3.05) is 0 Å². The highest BCUT2D eigenvalue weighted by Gasteiger charge is 2.34. The Morgan fingerprint density at radius 1 is 0.659 bits per heavy atom. The molecule has 0 fully saturated rings. The van der Waals surface area contributed by atoms with E-state index in [4.69, 9.17) is 4.74 Å². The molecule has 5 N–H and O–H groups in total. The molecule has 1 aliphatic heterocycles. The van der Waals surface area contributed by atoms with Crippen LogP contribution in [-0.2, 0) is 0 Å². The van der Waals surface area contributed by atoms with E-state index in [-0.39, 0.29) is 34.7 Å². The topological polar surface area (TPSA) is 110 Å². The molecule has 0 aromatic heterocycles. The van der Waals surface area contributed by atoms with Crippen LogP contribution in [0.25, 0.3) is 30.4 Å². The summed E-state index contributed by atoms with van der Waals surface area (Å²) in [6.45, 7) is 6.21. The molecule has 4 aromatic carbocycles. The number of benzene rings is 4. The van der Waals surface area contributed by atoms with Crippen LogP contribution < -0.4 is 4.74 Å². The molecule has 0 aliphatic carbocycles. The summed E-state index contributed by atoms with van der Waals surface area (Å²) < 4.78 is 6.61. The highest BCUT2D eigenvalue weighted by Crippen LogP contribution is 2.44. The molecule has 0 radical (unpaired) electrons. The van der Waals surface area contributed by atoms with Crippen LogP contribution in [0.2, 0.25) is 0 Å². The first-order chi connectivity index (χ1) is 21.0. The van der Waals surface area contributed by atoms with Crippen molar-refractivity contribution < 1.29 is 30.3 Å². The second-order valence-electron chi connectivity index (χ2n) is 11.6. The van der Waals surface area contributed by atoms with Crippen molar-refractivity contribution in [2.24, 2.45) is 0 Å². The first-order valence-corrected chi connectivity index (χ1v) is 14.4. The molecule has 5 rings (SSSR count). The Bertz CT molecular complexity index is 1790. The average molecular weight is 589 g/mol. The monoisotopic (exact) mass is 588 g/mol. The van der Waals surface area contributed by atoms with E-state index in [1.165, 1.54) is 23.8 Å². The van der Waals surface area contributed by atoms with Crippen LogP contribution in [-0.4, -0.2) is 31.1 Å². The summed E-state index contributed by atoms with van der Waals surface area (Å²) in [5.41, 5.74) is 5.46. The number of allylic oxidation sites excluding steroid dienone is 2. The maximum Gasteiger partial charge on any atom is 0.157 e. The van der Waals surface area contributed by atoms with Crippen LogP contribution in [0.1, 0.15) is 66.5 Å². The van der Waals surface area contributed by atoms with E-state index in [1.807, 2.05) is 55.5 Å². The predicted octanol–water partition coefficient (Wildman–Crippen LogP) is 8.86. The second kappa shape index (κ2) is 12.5. The fraction of sp³-hybridized carbons (Fsp3) is 0.158. The summed E-state index contributed by atoms with van der Waals surface area (Å²) in [4.78, 5) is 0. The van der Waals surface area contributed by atoms with E-state index in [0.29, 0.717) is 17.5 Å². The fourth-order valence-corrected chi connectivity index (χ4v) is 5.36. The fourth-order valence-electron chi connectivity index (χ4n) is 5.36. The first-order valence-electron chi connectivity index (χ1n) is 14.4. The number of ether oxygens (including phenoxy) is 1. The van der Waals surface area contributed by atoms with Crippen molar-refractivity contribution in [3.63, 3.8) is 0 Å². The molecular weight excluding hydrogens is 552 g/mol. The van der Waals surface area contributed by atoms with Gasteiger partial charge in [-0.3, -0.25) is 0 Å². The summed E-state index contributed by atoms with van der Waals surface area (Å²) in [6.07, 6.45) is 14.3. The van der Waals surface area contributed by atoms with E-state index >= 15 is 0 Å². The predicted molar refractivity (Wildman–Crippen MR) is 177 cm³/mol. The van der Waals surface area contributed by atoms with Crippen molar-refractivity contribution in [3.8, 4) is 34.5 Å². The SMILES string of the molecule is CC(C)=C[C@@H]1C[C@@](C)(C=Cc2cc(C=Cc3cc(O)cc(O)c3)ccc2O)Oc2cc(C=Cc3ccc(O)c(O)c3)ccc21. The minimum Gasteiger partial charge on any atom is -0.508 e. The van der Waals surface area contributed by atoms with Crippen LogP contribution in [0.15, 0.2) is 90.5 Å². The van der Waals surface area contributed by atoms with Gasteiger partial charge < -0.3 is 30.3 Å². The molecule has 4 aromatic rings. The lowest BCUT2D eigenvalue weighted by atomic mass is 9.81. The van der Waals surface area contributed by atoms with Crippen molar-refractivity contribution in [3.05, 3.63) is 124 Å². The summed E-state index contributed by atoms with van der Waals surface area (Å²) in [5, 5.41) is 49.5. The Morgan fingerprint density at radius 3 is 1.91 bits per heavy atom. The minimum atomic E-state index is -0.661. The smallest absolute Gasteiger partial charge is 0.157 e. The number of fused-ring (bicyclic) bond motifs is 1. The van der Waals surface area contributed by atoms with E-state index in [1.54, 1.807) is 36.4 Å². The Labute approximate surface area is 257 Å². The van der Waals surface area contributed by atoms with Crippen molar-refractivity contribution >= 4 is 30.4 Å². The maximum absolute atomic E-state index is 10.6. The summed E-state index contributed by atoms with van der Waals surface area (Å²) in [7, 11) is 0. The van der Waals surface area contributed by atoms with Gasteiger partial charge in [-0.25, -0.2) is 0 Å². The Kier molecular flexibility index (Phi) is 8.54. The summed E-state index contributed by atoms with van der Waals surface area (Å²) >= 11 is 0. The lowest BCUT2D eigenvalue weighted by Gasteiger charge is -2.37. The van der Waals surface area contributed by atoms with E-state index in [2.05, 4.69) is 26.0 Å². The highest BCUT2D eigenvalue weighted by molar-refractivity contribution is 5.74. The van der Waals surface area contributed by atoms with E-state index < -0.39 is 5.60 Å². The van der Waals surface area contributed by atoms with Gasteiger partial charge in [-0.15, -0.1) is 0 Å². The van der Waals surface area contributed by atoms with Crippen molar-refractivity contribution in [2.45, 2.75) is 38.7 Å². The van der Waals surface area contributed by atoms with Gasteiger partial charge in [0.1, 0.15) is 28.6 Å². The van der Waals surface area contributed by atoms with E-state index in [9.17, 15) is 25.5 Å². The molecule has 44 heavy (non-hydrogen) atoms. The standard InChI is InChI=1S/C38H36O6/c1-24(2)16-30-23-38(3,44-37-21-27(8-11-33(30)37)5-4-26-10-13-35(42)36(43)20-26)15-14-29-17-25(9-12-34(29)41)6-7-28-18-31(39)22-32(40)19-28/h4-22,30,39-43H,23H2,1-3H3/t30-,38-/m1/s1. The quantitative estimate of drug-likeness (QED) is 0.0838. The molecule has 1 aliphatic rings. The molecule has 0 spiro atoms. The molecule has 1 heterocycles. The number of phenols is 5. The maximum atomic E-state index is 10.6. The average Bonchev–Trinajstić information content (AvgIpc) is 2.95. The zero-order valence-electron chi connectivity index (χ0n) is 24.9. The zero-order valence-corrected chi connectivity index (χ0v) is 24.9. The minimum absolute atomic E-state index is 0.0199. The van der Waals surface area contributed by atoms with Crippen LogP contribution in [0.5, 0.6) is 34.5 Å². The molecule has 6 heteroatoms. The molecule has 2 atom stereocenters. The third kappa shape index (κ3) is 7.34. The zero-order chi connectivity index (χ0) is 31.4. The van der Waals surface area contributed by atoms with Crippen molar-refractivity contribution in [1.82, 2.24) is 0 Å². The van der Waals surface area contributed by atoms with Crippen LogP contribution in [0, 0.1) is 0 Å². The van der Waals surface area contributed by atoms with Gasteiger partial charge in [-0.2, -0.15) is 0 Å². The van der Waals surface area contributed by atoms with Gasteiger partial charge in [0.2, 0.25) is 0 Å². The van der Waals surface area contributed by atoms with Crippen molar-refractivity contribution in [1.29, 1.82) is 0 Å². The number of hydrogen-bond acceptors (Lipinski definition) is 6. The van der Waals surface area contributed by atoms with Gasteiger partial charge in [-0.1, -0.05) is 66.3 Å². The van der Waals surface area contributed by atoms with Crippen LogP contribution >= 0.6 is 0 Å². The highest BCUT2D eigenvalue weighted by atomic mass is 16.5. The Hall–Kier alpha value is -5.36. The summed E-state index contributed by atoms with van der Waals surface area (Å²) in [6, 6.07) is 20.5. The lowest BCUT2D eigenvalue weighted by Crippen LogP contribution is -2.35. The van der Waals surface area contributed by atoms with Crippen LogP contribution in [0.3, 0.4) is 0 Å². The Balaban J connectivity index is 1.41. The largest absolute Gasteiger partial charge is 0.508 e.